The molecule has 0 aliphatic rings. The van der Waals surface area contributed by atoms with Gasteiger partial charge in [0.1, 0.15) is 0 Å². The number of sulfone groups is 1. The second-order valence-electron chi connectivity index (χ2n) is 3.18. The molecule has 17 heavy (non-hydrogen) atoms. The van der Waals surface area contributed by atoms with E-state index in [4.69, 9.17) is 23.2 Å². The highest BCUT2D eigenvalue weighted by Crippen LogP contribution is 2.23. The van der Waals surface area contributed by atoms with Gasteiger partial charge in [-0.25, -0.2) is 8.42 Å². The maximum absolute atomic E-state index is 12.0. The van der Waals surface area contributed by atoms with E-state index in [-0.39, 0.29) is 15.4 Å². The third kappa shape index (κ3) is 2.95. The van der Waals surface area contributed by atoms with Crippen molar-refractivity contribution in [1.82, 2.24) is 9.36 Å². The molecule has 0 aliphatic carbocycles. The Bertz CT molecular complexity index is 640. The number of halogens is 2. The molecule has 4 nitrogen and oxygen atoms in total. The molecule has 0 radical (unpaired) electrons. The summed E-state index contributed by atoms with van der Waals surface area (Å²) in [5.74, 6) is -0.210. The van der Waals surface area contributed by atoms with Crippen molar-refractivity contribution in [1.29, 1.82) is 0 Å². The SMILES string of the molecule is O=S(=O)(Cc1ccccc1Cl)c1nc(Cl)ns1. The van der Waals surface area contributed by atoms with Crippen LogP contribution in [0, 0.1) is 0 Å². The topological polar surface area (TPSA) is 59.9 Å². The van der Waals surface area contributed by atoms with Gasteiger partial charge >= 0.3 is 0 Å². The van der Waals surface area contributed by atoms with Gasteiger partial charge < -0.3 is 0 Å². The fourth-order valence-corrected chi connectivity index (χ4v) is 3.85. The zero-order valence-corrected chi connectivity index (χ0v) is 11.4. The number of benzene rings is 1. The van der Waals surface area contributed by atoms with Crippen molar-refractivity contribution in [2.75, 3.05) is 0 Å². The summed E-state index contributed by atoms with van der Waals surface area (Å²) in [6.45, 7) is 0. The number of hydrogen-bond donors (Lipinski definition) is 0. The smallest absolute Gasteiger partial charge is 0.221 e. The normalized spacial score (nSPS) is 11.6. The van der Waals surface area contributed by atoms with Crippen molar-refractivity contribution in [2.45, 2.75) is 10.1 Å². The summed E-state index contributed by atoms with van der Waals surface area (Å²) in [5.41, 5.74) is 0.528. The Labute approximate surface area is 112 Å². The van der Waals surface area contributed by atoms with Crippen LogP contribution < -0.4 is 0 Å². The summed E-state index contributed by atoms with van der Waals surface area (Å²) in [4.78, 5) is 3.65. The molecular formula is C9H6Cl2N2O2S2. The van der Waals surface area contributed by atoms with E-state index in [2.05, 4.69) is 9.36 Å². The number of aromatic nitrogens is 2. The molecule has 0 spiro atoms. The molecule has 2 rings (SSSR count). The molecule has 0 fully saturated rings. The molecule has 8 heteroatoms. The molecule has 0 saturated heterocycles. The van der Waals surface area contributed by atoms with Crippen LogP contribution in [0.5, 0.6) is 0 Å². The van der Waals surface area contributed by atoms with Crippen molar-refractivity contribution < 1.29 is 8.42 Å². The summed E-state index contributed by atoms with van der Waals surface area (Å²) in [6.07, 6.45) is 0. The van der Waals surface area contributed by atoms with Gasteiger partial charge in [-0.1, -0.05) is 29.8 Å². The van der Waals surface area contributed by atoms with Crippen molar-refractivity contribution in [3.8, 4) is 0 Å². The minimum atomic E-state index is -3.54. The Hall–Kier alpha value is -0.690. The van der Waals surface area contributed by atoms with Crippen LogP contribution in [0.1, 0.15) is 5.56 Å². The van der Waals surface area contributed by atoms with Gasteiger partial charge in [0.15, 0.2) is 0 Å². The van der Waals surface area contributed by atoms with Crippen LogP contribution in [-0.4, -0.2) is 17.8 Å². The predicted molar refractivity (Wildman–Crippen MR) is 67.3 cm³/mol. The van der Waals surface area contributed by atoms with E-state index in [1.165, 1.54) is 0 Å². The molecule has 0 N–H and O–H groups in total. The van der Waals surface area contributed by atoms with E-state index in [0.717, 1.165) is 11.5 Å². The van der Waals surface area contributed by atoms with Gasteiger partial charge in [0, 0.05) is 5.02 Å². The average Bonchev–Trinajstić information content (AvgIpc) is 2.69. The van der Waals surface area contributed by atoms with E-state index in [1.807, 2.05) is 0 Å². The standard InChI is InChI=1S/C9H6Cl2N2O2S2/c10-7-4-2-1-3-6(7)5-17(14,15)9-12-8(11)13-16-9/h1-4H,5H2. The first kappa shape index (κ1) is 12.8. The van der Waals surface area contributed by atoms with E-state index in [1.54, 1.807) is 24.3 Å². The third-order valence-corrected chi connectivity index (χ3v) is 5.40. The number of nitrogens with zero attached hydrogens (tertiary/aromatic N) is 2. The fourth-order valence-electron chi connectivity index (χ4n) is 1.20. The minimum absolute atomic E-state index is 0.0623. The molecule has 1 aromatic carbocycles. The van der Waals surface area contributed by atoms with Crippen LogP contribution in [0.15, 0.2) is 28.6 Å². The van der Waals surface area contributed by atoms with E-state index < -0.39 is 9.84 Å². The summed E-state index contributed by atoms with van der Waals surface area (Å²) < 4.78 is 27.5. The predicted octanol–water partition coefficient (Wildman–Crippen LogP) is 2.82. The second-order valence-corrected chi connectivity index (χ2v) is 6.84. The van der Waals surface area contributed by atoms with Crippen molar-refractivity contribution in [3.63, 3.8) is 0 Å². The van der Waals surface area contributed by atoms with Gasteiger partial charge in [0.05, 0.1) is 5.75 Å². The van der Waals surface area contributed by atoms with Gasteiger partial charge in [-0.2, -0.15) is 9.36 Å². The van der Waals surface area contributed by atoms with Crippen molar-refractivity contribution in [2.24, 2.45) is 0 Å². The largest absolute Gasteiger partial charge is 0.235 e. The van der Waals surface area contributed by atoms with Gasteiger partial charge in [-0.05, 0) is 34.8 Å². The lowest BCUT2D eigenvalue weighted by molar-refractivity contribution is 0.594. The highest BCUT2D eigenvalue weighted by molar-refractivity contribution is 7.92. The highest BCUT2D eigenvalue weighted by atomic mass is 35.5. The lowest BCUT2D eigenvalue weighted by atomic mass is 10.2. The number of rotatable bonds is 3. The molecule has 0 bridgehead atoms. The third-order valence-electron chi connectivity index (χ3n) is 1.95. The summed E-state index contributed by atoms with van der Waals surface area (Å²) in [7, 11) is -3.54. The minimum Gasteiger partial charge on any atom is -0.221 e. The lowest BCUT2D eigenvalue weighted by Crippen LogP contribution is -2.04. The first-order valence-corrected chi connectivity index (χ1v) is 7.62. The van der Waals surface area contributed by atoms with Gasteiger partial charge in [-0.3, -0.25) is 0 Å². The van der Waals surface area contributed by atoms with E-state index >= 15 is 0 Å². The van der Waals surface area contributed by atoms with Crippen LogP contribution in [0.25, 0.3) is 0 Å². The van der Waals surface area contributed by atoms with Gasteiger partial charge in [-0.15, -0.1) is 0 Å². The van der Waals surface area contributed by atoms with Crippen LogP contribution in [0.2, 0.25) is 10.3 Å². The van der Waals surface area contributed by atoms with Crippen LogP contribution >= 0.6 is 34.7 Å². The summed E-state index contributed by atoms with van der Waals surface area (Å²) in [6, 6.07) is 6.76. The molecule has 0 amide bonds. The zero-order valence-electron chi connectivity index (χ0n) is 8.30. The Kier molecular flexibility index (Phi) is 3.67. The van der Waals surface area contributed by atoms with Crippen LogP contribution in [0.4, 0.5) is 0 Å². The summed E-state index contributed by atoms with van der Waals surface area (Å²) in [5, 5.41) is 0.347. The lowest BCUT2D eigenvalue weighted by Gasteiger charge is -2.02. The molecule has 1 heterocycles. The molecule has 0 unspecified atom stereocenters. The van der Waals surface area contributed by atoms with Crippen molar-refractivity contribution >= 4 is 44.6 Å². The first-order chi connectivity index (χ1) is 7.99. The molecule has 0 aliphatic heterocycles. The Morgan fingerprint density at radius 3 is 2.53 bits per heavy atom. The zero-order chi connectivity index (χ0) is 12.5. The Balaban J connectivity index is 2.33. The molecule has 1 aromatic heterocycles. The second kappa shape index (κ2) is 4.89. The number of hydrogen-bond acceptors (Lipinski definition) is 5. The quantitative estimate of drug-likeness (QED) is 0.875. The highest BCUT2D eigenvalue weighted by Gasteiger charge is 2.21. The molecule has 0 atom stereocenters. The maximum Gasteiger partial charge on any atom is 0.235 e. The average molecular weight is 309 g/mol. The summed E-state index contributed by atoms with van der Waals surface area (Å²) >= 11 is 12.2. The van der Waals surface area contributed by atoms with Gasteiger partial charge in [0.25, 0.3) is 0 Å². The molecule has 90 valence electrons. The Morgan fingerprint density at radius 1 is 1.24 bits per heavy atom. The van der Waals surface area contributed by atoms with Crippen molar-refractivity contribution in [3.05, 3.63) is 40.1 Å². The van der Waals surface area contributed by atoms with E-state index in [0.29, 0.717) is 10.6 Å². The van der Waals surface area contributed by atoms with E-state index in [9.17, 15) is 8.42 Å². The van der Waals surface area contributed by atoms with Gasteiger partial charge in [0.2, 0.25) is 19.5 Å². The monoisotopic (exact) mass is 308 g/mol. The first-order valence-electron chi connectivity index (χ1n) is 4.44. The van der Waals surface area contributed by atoms with Crippen LogP contribution in [0.3, 0.4) is 0 Å². The maximum atomic E-state index is 12.0. The molecular weight excluding hydrogens is 303 g/mol. The molecule has 2 aromatic rings. The van der Waals surface area contributed by atoms with Crippen LogP contribution in [-0.2, 0) is 15.6 Å². The fraction of sp³-hybridized carbons (Fsp3) is 0.111. The molecule has 0 saturated carbocycles. The Morgan fingerprint density at radius 2 is 1.94 bits per heavy atom.